The predicted octanol–water partition coefficient (Wildman–Crippen LogP) is 4.50. The van der Waals surface area contributed by atoms with Gasteiger partial charge in [0.25, 0.3) is 0 Å². The van der Waals surface area contributed by atoms with Crippen molar-refractivity contribution in [1.82, 2.24) is 15.1 Å². The summed E-state index contributed by atoms with van der Waals surface area (Å²) in [6, 6.07) is 14.3. The summed E-state index contributed by atoms with van der Waals surface area (Å²) in [4.78, 5) is 12.6. The van der Waals surface area contributed by atoms with E-state index < -0.39 is 5.97 Å². The summed E-state index contributed by atoms with van der Waals surface area (Å²) in [5.41, 5.74) is 3.26. The summed E-state index contributed by atoms with van der Waals surface area (Å²) in [7, 11) is 0. The topological polar surface area (TPSA) is 67.2 Å². The lowest BCUT2D eigenvalue weighted by molar-refractivity contribution is -0.142. The molecule has 1 aromatic carbocycles. The smallest absolute Gasteiger partial charge is 0.307 e. The lowest BCUT2D eigenvalue weighted by atomic mass is 9.97. The van der Waals surface area contributed by atoms with Crippen LogP contribution in [0, 0.1) is 11.8 Å². The molecule has 0 aliphatic rings. The maximum Gasteiger partial charge on any atom is 0.307 e. The fourth-order valence-electron chi connectivity index (χ4n) is 3.29. The Morgan fingerprint density at radius 1 is 1.21 bits per heavy atom. The average Bonchev–Trinajstić information content (AvgIpc) is 3.31. The van der Waals surface area contributed by atoms with Crippen molar-refractivity contribution in [1.29, 1.82) is 0 Å². The number of carboxylic acids is 1. The molecule has 0 bridgehead atoms. The van der Waals surface area contributed by atoms with Crippen molar-refractivity contribution in [2.24, 2.45) is 11.8 Å². The van der Waals surface area contributed by atoms with E-state index in [2.05, 4.69) is 43.6 Å². The Balaban J connectivity index is 1.72. The quantitative estimate of drug-likeness (QED) is 0.529. The van der Waals surface area contributed by atoms with Gasteiger partial charge in [0.1, 0.15) is 5.69 Å². The first-order chi connectivity index (χ1) is 13.5. The molecule has 2 aromatic heterocycles. The van der Waals surface area contributed by atoms with Gasteiger partial charge in [0.2, 0.25) is 0 Å². The minimum absolute atomic E-state index is 0.359. The van der Waals surface area contributed by atoms with Crippen LogP contribution in [0.5, 0.6) is 0 Å². The molecule has 0 saturated carbocycles. The Kier molecular flexibility index (Phi) is 7.01. The van der Waals surface area contributed by atoms with E-state index in [1.165, 1.54) is 5.56 Å². The van der Waals surface area contributed by atoms with Crippen LogP contribution in [-0.4, -0.2) is 27.4 Å². The molecule has 0 spiro atoms. The molecule has 1 atom stereocenters. The van der Waals surface area contributed by atoms with Gasteiger partial charge in [-0.25, -0.2) is 0 Å². The van der Waals surface area contributed by atoms with Gasteiger partial charge in [-0.05, 0) is 29.3 Å². The number of aromatic nitrogens is 2. The Hall–Kier alpha value is -2.44. The number of nitrogens with one attached hydrogen (secondary N) is 1. The standard InChI is InChI=1S/C22H27N3O2S/c1-16(2)11-18(22(26)27)12-23-13-19-15-25(14-17-7-4-3-5-8-17)24-21(19)20-9-6-10-28-20/h3-10,15-16,18,23H,11-14H2,1-2H3,(H,26,27). The molecule has 28 heavy (non-hydrogen) atoms. The SMILES string of the molecule is CC(C)CC(CNCc1cn(Cc2ccccc2)nc1-c1cccs1)C(=O)O. The molecule has 148 valence electrons. The molecule has 5 nitrogen and oxygen atoms in total. The van der Waals surface area contributed by atoms with Crippen molar-refractivity contribution in [3.8, 4) is 10.6 Å². The Labute approximate surface area is 170 Å². The van der Waals surface area contributed by atoms with Gasteiger partial charge in [0.15, 0.2) is 0 Å². The molecule has 0 aliphatic carbocycles. The second-order valence-electron chi connectivity index (χ2n) is 7.46. The van der Waals surface area contributed by atoms with Crippen molar-refractivity contribution in [3.63, 3.8) is 0 Å². The van der Waals surface area contributed by atoms with Gasteiger partial charge in [-0.15, -0.1) is 11.3 Å². The van der Waals surface area contributed by atoms with Crippen molar-refractivity contribution in [3.05, 3.63) is 65.2 Å². The van der Waals surface area contributed by atoms with Crippen LogP contribution < -0.4 is 5.32 Å². The zero-order valence-electron chi connectivity index (χ0n) is 16.3. The van der Waals surface area contributed by atoms with Crippen LogP contribution in [0.25, 0.3) is 10.6 Å². The van der Waals surface area contributed by atoms with E-state index in [4.69, 9.17) is 5.10 Å². The molecule has 0 aliphatic heterocycles. The minimum Gasteiger partial charge on any atom is -0.481 e. The monoisotopic (exact) mass is 397 g/mol. The highest BCUT2D eigenvalue weighted by atomic mass is 32.1. The van der Waals surface area contributed by atoms with Gasteiger partial charge in [0, 0.05) is 24.8 Å². The molecule has 3 aromatic rings. The number of benzene rings is 1. The van der Waals surface area contributed by atoms with E-state index >= 15 is 0 Å². The average molecular weight is 398 g/mol. The second kappa shape index (κ2) is 9.66. The Morgan fingerprint density at radius 2 is 2.00 bits per heavy atom. The minimum atomic E-state index is -0.737. The summed E-state index contributed by atoms with van der Waals surface area (Å²) in [6.07, 6.45) is 2.74. The third-order valence-corrected chi connectivity index (χ3v) is 5.47. The van der Waals surface area contributed by atoms with Gasteiger partial charge in [-0.3, -0.25) is 9.48 Å². The molecule has 3 rings (SSSR count). The van der Waals surface area contributed by atoms with Crippen molar-refractivity contribution in [2.75, 3.05) is 6.54 Å². The lowest BCUT2D eigenvalue weighted by Crippen LogP contribution is -2.29. The van der Waals surface area contributed by atoms with E-state index in [-0.39, 0.29) is 5.92 Å². The molecule has 6 heteroatoms. The number of nitrogens with zero attached hydrogens (tertiary/aromatic N) is 2. The Morgan fingerprint density at radius 3 is 2.64 bits per heavy atom. The number of hydrogen-bond donors (Lipinski definition) is 2. The predicted molar refractivity (Wildman–Crippen MR) is 113 cm³/mol. The zero-order chi connectivity index (χ0) is 19.9. The van der Waals surface area contributed by atoms with E-state index in [9.17, 15) is 9.90 Å². The first-order valence-electron chi connectivity index (χ1n) is 9.60. The van der Waals surface area contributed by atoms with Gasteiger partial charge in [-0.2, -0.15) is 5.10 Å². The van der Waals surface area contributed by atoms with Gasteiger partial charge >= 0.3 is 5.97 Å². The normalized spacial score (nSPS) is 12.4. The molecular formula is C22H27N3O2S. The molecule has 0 saturated heterocycles. The highest BCUT2D eigenvalue weighted by Gasteiger charge is 2.19. The summed E-state index contributed by atoms with van der Waals surface area (Å²) in [6.45, 7) is 5.88. The van der Waals surface area contributed by atoms with E-state index in [0.717, 1.165) is 16.1 Å². The molecule has 0 radical (unpaired) electrons. The fourth-order valence-corrected chi connectivity index (χ4v) is 4.03. The number of rotatable bonds is 10. The van der Waals surface area contributed by atoms with Crippen LogP contribution in [0.3, 0.4) is 0 Å². The van der Waals surface area contributed by atoms with Crippen molar-refractivity contribution >= 4 is 17.3 Å². The van der Waals surface area contributed by atoms with Crippen molar-refractivity contribution in [2.45, 2.75) is 33.4 Å². The molecule has 2 N–H and O–H groups in total. The van der Waals surface area contributed by atoms with Gasteiger partial charge in [-0.1, -0.05) is 50.2 Å². The van der Waals surface area contributed by atoms with Crippen LogP contribution >= 0.6 is 11.3 Å². The molecule has 2 heterocycles. The maximum absolute atomic E-state index is 11.5. The van der Waals surface area contributed by atoms with Crippen LogP contribution in [0.4, 0.5) is 0 Å². The highest BCUT2D eigenvalue weighted by molar-refractivity contribution is 7.13. The summed E-state index contributed by atoms with van der Waals surface area (Å²) < 4.78 is 1.96. The first-order valence-corrected chi connectivity index (χ1v) is 10.5. The molecule has 1 unspecified atom stereocenters. The van der Waals surface area contributed by atoms with Crippen LogP contribution in [-0.2, 0) is 17.9 Å². The fraction of sp³-hybridized carbons (Fsp3) is 0.364. The summed E-state index contributed by atoms with van der Waals surface area (Å²) in [5.74, 6) is -0.748. The van der Waals surface area contributed by atoms with Crippen LogP contribution in [0.15, 0.2) is 54.0 Å². The number of carboxylic acid groups (broad SMARTS) is 1. The van der Waals surface area contributed by atoms with E-state index in [1.807, 2.05) is 34.3 Å². The van der Waals surface area contributed by atoms with Crippen LogP contribution in [0.2, 0.25) is 0 Å². The third kappa shape index (κ3) is 5.53. The second-order valence-corrected chi connectivity index (χ2v) is 8.41. The highest BCUT2D eigenvalue weighted by Crippen LogP contribution is 2.27. The summed E-state index contributed by atoms with van der Waals surface area (Å²) in [5, 5.41) is 19.6. The molecule has 0 fully saturated rings. The van der Waals surface area contributed by atoms with Gasteiger partial charge < -0.3 is 10.4 Å². The first kappa shape index (κ1) is 20.3. The van der Waals surface area contributed by atoms with E-state index in [1.54, 1.807) is 11.3 Å². The zero-order valence-corrected chi connectivity index (χ0v) is 17.2. The largest absolute Gasteiger partial charge is 0.481 e. The number of thiophene rings is 1. The number of aliphatic carboxylic acids is 1. The third-order valence-electron chi connectivity index (χ3n) is 4.59. The van der Waals surface area contributed by atoms with Crippen molar-refractivity contribution < 1.29 is 9.90 Å². The summed E-state index contributed by atoms with van der Waals surface area (Å²) >= 11 is 1.67. The Bertz CT molecular complexity index is 873. The van der Waals surface area contributed by atoms with Crippen LogP contribution in [0.1, 0.15) is 31.4 Å². The number of carbonyl (C=O) groups is 1. The number of hydrogen-bond acceptors (Lipinski definition) is 4. The van der Waals surface area contributed by atoms with Gasteiger partial charge in [0.05, 0.1) is 17.3 Å². The molecular weight excluding hydrogens is 370 g/mol. The molecule has 0 amide bonds. The lowest BCUT2D eigenvalue weighted by Gasteiger charge is -2.15. The maximum atomic E-state index is 11.5. The van der Waals surface area contributed by atoms with E-state index in [0.29, 0.717) is 32.0 Å².